The first-order valence-corrected chi connectivity index (χ1v) is 6.12. The molecule has 0 aliphatic rings. The molecular weight excluding hydrogens is 198 g/mol. The summed E-state index contributed by atoms with van der Waals surface area (Å²) in [5.74, 6) is 6.00. The van der Waals surface area contributed by atoms with Crippen molar-refractivity contribution in [2.75, 3.05) is 19.1 Å². The standard InChI is InChI=1S/C9H21N3OS/c1-7(5-9(13)11-10)12(3)8(2)6-14-4/h7-8H,5-6,10H2,1-4H3,(H,11,13). The molecule has 2 atom stereocenters. The van der Waals surface area contributed by atoms with Gasteiger partial charge in [-0.25, -0.2) is 5.84 Å². The number of hydrazine groups is 1. The zero-order chi connectivity index (χ0) is 11.1. The minimum atomic E-state index is -0.110. The first kappa shape index (κ1) is 13.7. The zero-order valence-corrected chi connectivity index (χ0v) is 10.2. The molecule has 0 bridgehead atoms. The van der Waals surface area contributed by atoms with Crippen molar-refractivity contribution >= 4 is 17.7 Å². The number of carbonyl (C=O) groups is 1. The van der Waals surface area contributed by atoms with E-state index in [4.69, 9.17) is 5.84 Å². The minimum Gasteiger partial charge on any atom is -0.300 e. The summed E-state index contributed by atoms with van der Waals surface area (Å²) < 4.78 is 0. The fraction of sp³-hybridized carbons (Fsp3) is 0.889. The van der Waals surface area contributed by atoms with E-state index in [0.717, 1.165) is 5.75 Å². The summed E-state index contributed by atoms with van der Waals surface area (Å²) in [5, 5.41) is 0. The first-order chi connectivity index (χ1) is 6.52. The van der Waals surface area contributed by atoms with Crippen LogP contribution in [0.15, 0.2) is 0 Å². The molecule has 0 radical (unpaired) electrons. The van der Waals surface area contributed by atoms with Crippen molar-refractivity contribution < 1.29 is 4.79 Å². The largest absolute Gasteiger partial charge is 0.300 e. The molecule has 0 saturated heterocycles. The van der Waals surface area contributed by atoms with Crippen LogP contribution in [-0.4, -0.2) is 41.9 Å². The van der Waals surface area contributed by atoms with Gasteiger partial charge in [-0.1, -0.05) is 0 Å². The van der Waals surface area contributed by atoms with Crippen LogP contribution in [0, 0.1) is 0 Å². The smallest absolute Gasteiger partial charge is 0.235 e. The third-order valence-corrected chi connectivity index (χ3v) is 3.26. The molecule has 0 heterocycles. The van der Waals surface area contributed by atoms with Gasteiger partial charge in [0.25, 0.3) is 0 Å². The quantitative estimate of drug-likeness (QED) is 0.386. The Labute approximate surface area is 90.6 Å². The van der Waals surface area contributed by atoms with Crippen LogP contribution < -0.4 is 11.3 Å². The molecule has 5 heteroatoms. The van der Waals surface area contributed by atoms with Gasteiger partial charge in [0.15, 0.2) is 0 Å². The van der Waals surface area contributed by atoms with Crippen molar-refractivity contribution in [3.05, 3.63) is 0 Å². The van der Waals surface area contributed by atoms with Crippen LogP contribution in [0.3, 0.4) is 0 Å². The van der Waals surface area contributed by atoms with E-state index in [0.29, 0.717) is 12.5 Å². The lowest BCUT2D eigenvalue weighted by molar-refractivity contribution is -0.122. The van der Waals surface area contributed by atoms with Crippen molar-refractivity contribution in [3.63, 3.8) is 0 Å². The molecule has 0 spiro atoms. The Morgan fingerprint density at radius 3 is 2.50 bits per heavy atom. The number of nitrogens with one attached hydrogen (secondary N) is 1. The number of nitrogens with two attached hydrogens (primary N) is 1. The van der Waals surface area contributed by atoms with Gasteiger partial charge in [0.1, 0.15) is 0 Å². The molecule has 0 aromatic carbocycles. The zero-order valence-electron chi connectivity index (χ0n) is 9.41. The highest BCUT2D eigenvalue weighted by molar-refractivity contribution is 7.98. The molecule has 84 valence electrons. The summed E-state index contributed by atoms with van der Waals surface area (Å²) in [6.07, 6.45) is 2.54. The molecule has 14 heavy (non-hydrogen) atoms. The molecule has 2 unspecified atom stereocenters. The van der Waals surface area contributed by atoms with E-state index in [-0.39, 0.29) is 11.9 Å². The molecular formula is C9H21N3OS. The summed E-state index contributed by atoms with van der Waals surface area (Å²) in [4.78, 5) is 13.2. The highest BCUT2D eigenvalue weighted by Gasteiger charge is 2.17. The summed E-state index contributed by atoms with van der Waals surface area (Å²) in [5.41, 5.74) is 2.15. The Bertz CT molecular complexity index is 177. The van der Waals surface area contributed by atoms with E-state index in [1.165, 1.54) is 0 Å². The molecule has 0 rings (SSSR count). The topological polar surface area (TPSA) is 58.4 Å². The molecule has 0 aromatic rings. The Morgan fingerprint density at radius 2 is 2.07 bits per heavy atom. The van der Waals surface area contributed by atoms with Crippen LogP contribution in [0.5, 0.6) is 0 Å². The summed E-state index contributed by atoms with van der Waals surface area (Å²) in [6.45, 7) is 4.19. The van der Waals surface area contributed by atoms with Crippen molar-refractivity contribution in [1.82, 2.24) is 10.3 Å². The molecule has 0 aromatic heterocycles. The van der Waals surface area contributed by atoms with Gasteiger partial charge in [0, 0.05) is 24.3 Å². The van der Waals surface area contributed by atoms with E-state index in [2.05, 4.69) is 23.5 Å². The summed E-state index contributed by atoms with van der Waals surface area (Å²) in [6, 6.07) is 0.700. The lowest BCUT2D eigenvalue weighted by Gasteiger charge is -2.29. The number of thioether (sulfide) groups is 1. The minimum absolute atomic E-state index is 0.110. The van der Waals surface area contributed by atoms with Gasteiger partial charge in [-0.3, -0.25) is 15.1 Å². The maximum absolute atomic E-state index is 11.0. The van der Waals surface area contributed by atoms with Crippen molar-refractivity contribution in [3.8, 4) is 0 Å². The molecule has 4 nitrogen and oxygen atoms in total. The van der Waals surface area contributed by atoms with Crippen LogP contribution >= 0.6 is 11.8 Å². The molecule has 0 fully saturated rings. The lowest BCUT2D eigenvalue weighted by Crippen LogP contribution is -2.42. The third-order valence-electron chi connectivity index (χ3n) is 2.44. The second-order valence-corrected chi connectivity index (χ2v) is 4.50. The second kappa shape index (κ2) is 7.09. The van der Waals surface area contributed by atoms with Crippen LogP contribution in [0.1, 0.15) is 20.3 Å². The fourth-order valence-electron chi connectivity index (χ4n) is 1.26. The van der Waals surface area contributed by atoms with Crippen molar-refractivity contribution in [2.45, 2.75) is 32.4 Å². The highest BCUT2D eigenvalue weighted by atomic mass is 32.2. The van der Waals surface area contributed by atoms with Crippen LogP contribution in [-0.2, 0) is 4.79 Å². The second-order valence-electron chi connectivity index (χ2n) is 3.59. The average molecular weight is 219 g/mol. The van der Waals surface area contributed by atoms with E-state index in [9.17, 15) is 4.79 Å². The fourth-order valence-corrected chi connectivity index (χ4v) is 1.98. The number of nitrogens with zero attached hydrogens (tertiary/aromatic N) is 1. The number of amides is 1. The maximum atomic E-state index is 11.0. The van der Waals surface area contributed by atoms with Gasteiger partial charge in [-0.2, -0.15) is 11.8 Å². The molecule has 0 aliphatic heterocycles. The van der Waals surface area contributed by atoms with Crippen molar-refractivity contribution in [1.29, 1.82) is 0 Å². The van der Waals surface area contributed by atoms with Gasteiger partial charge in [0.2, 0.25) is 5.91 Å². The van der Waals surface area contributed by atoms with Crippen LogP contribution in [0.25, 0.3) is 0 Å². The Hall–Kier alpha value is -0.260. The van der Waals surface area contributed by atoms with E-state index < -0.39 is 0 Å². The maximum Gasteiger partial charge on any atom is 0.235 e. The third kappa shape index (κ3) is 4.83. The van der Waals surface area contributed by atoms with Crippen molar-refractivity contribution in [2.24, 2.45) is 5.84 Å². The van der Waals surface area contributed by atoms with E-state index in [1.807, 2.05) is 25.7 Å². The number of carbonyl (C=O) groups excluding carboxylic acids is 1. The lowest BCUT2D eigenvalue weighted by atomic mass is 10.1. The molecule has 3 N–H and O–H groups in total. The normalized spacial score (nSPS) is 15.3. The SMILES string of the molecule is CSCC(C)N(C)C(C)CC(=O)NN. The Morgan fingerprint density at radius 1 is 1.50 bits per heavy atom. The van der Waals surface area contributed by atoms with E-state index >= 15 is 0 Å². The molecule has 0 saturated carbocycles. The van der Waals surface area contributed by atoms with Gasteiger partial charge in [0.05, 0.1) is 0 Å². The van der Waals surface area contributed by atoms with Gasteiger partial charge in [-0.15, -0.1) is 0 Å². The van der Waals surface area contributed by atoms with Crippen LogP contribution in [0.2, 0.25) is 0 Å². The first-order valence-electron chi connectivity index (χ1n) is 4.73. The summed E-state index contributed by atoms with van der Waals surface area (Å²) >= 11 is 1.81. The van der Waals surface area contributed by atoms with Gasteiger partial charge < -0.3 is 0 Å². The average Bonchev–Trinajstić information content (AvgIpc) is 2.16. The predicted molar refractivity (Wildman–Crippen MR) is 62.0 cm³/mol. The van der Waals surface area contributed by atoms with E-state index in [1.54, 1.807) is 0 Å². The monoisotopic (exact) mass is 219 g/mol. The Kier molecular flexibility index (Phi) is 6.96. The van der Waals surface area contributed by atoms with Gasteiger partial charge >= 0.3 is 0 Å². The number of hydrogen-bond donors (Lipinski definition) is 2. The molecule has 0 aliphatic carbocycles. The Balaban J connectivity index is 3.97. The predicted octanol–water partition coefficient (Wildman–Crippen LogP) is 0.438. The summed E-state index contributed by atoms with van der Waals surface area (Å²) in [7, 11) is 2.04. The number of rotatable bonds is 6. The highest BCUT2D eigenvalue weighted by Crippen LogP contribution is 2.09. The van der Waals surface area contributed by atoms with Crippen LogP contribution in [0.4, 0.5) is 0 Å². The molecule has 1 amide bonds. The number of hydrogen-bond acceptors (Lipinski definition) is 4. The van der Waals surface area contributed by atoms with Gasteiger partial charge in [-0.05, 0) is 27.2 Å².